The fraction of sp³-hybridized carbons (Fsp3) is 0.412. The SMILES string of the molecule is Cc1c2[nH]c(c1CCC(=O)O)/C=c1\[nH]/c(c(C)c1CCC(=O)O)=C\c1[nH]c(c(C)c1[C@@H](C)S)/C=C1\N/C(=C\2)C(C)[C@]12S[C@@H]2C. The van der Waals surface area contributed by atoms with Gasteiger partial charge in [-0.1, -0.05) is 13.8 Å². The zero-order chi connectivity index (χ0) is 31.7. The van der Waals surface area contributed by atoms with Crippen LogP contribution in [0.25, 0.3) is 24.3 Å². The Morgan fingerprint density at radius 1 is 0.841 bits per heavy atom. The molecule has 8 bridgehead atoms. The van der Waals surface area contributed by atoms with E-state index in [9.17, 15) is 19.8 Å². The molecule has 0 amide bonds. The number of nitrogens with one attached hydrogen (secondary N) is 4. The minimum absolute atomic E-state index is 0.00590. The zero-order valence-electron chi connectivity index (χ0n) is 25.9. The summed E-state index contributed by atoms with van der Waals surface area (Å²) >= 11 is 6.84. The Labute approximate surface area is 266 Å². The summed E-state index contributed by atoms with van der Waals surface area (Å²) in [6.07, 6.45) is 9.34. The van der Waals surface area contributed by atoms with Crippen molar-refractivity contribution in [1.29, 1.82) is 0 Å². The van der Waals surface area contributed by atoms with Gasteiger partial charge < -0.3 is 30.5 Å². The second kappa shape index (κ2) is 11.1. The van der Waals surface area contributed by atoms with Crippen molar-refractivity contribution < 1.29 is 19.8 Å². The lowest BCUT2D eigenvalue weighted by Crippen LogP contribution is -2.20. The molecule has 6 rings (SSSR count). The summed E-state index contributed by atoms with van der Waals surface area (Å²) < 4.78 is -0.0286. The molecule has 0 aliphatic carbocycles. The number of hydrogen-bond donors (Lipinski definition) is 7. The molecule has 1 unspecified atom stereocenters. The third-order valence-electron chi connectivity index (χ3n) is 9.76. The number of thiol groups is 1. The first-order valence-corrected chi connectivity index (χ1v) is 16.6. The van der Waals surface area contributed by atoms with Crippen LogP contribution >= 0.6 is 24.4 Å². The van der Waals surface area contributed by atoms with E-state index < -0.39 is 11.9 Å². The molecule has 2 saturated heterocycles. The van der Waals surface area contributed by atoms with E-state index in [1.54, 1.807) is 0 Å². The number of thioether (sulfide) groups is 1. The molecule has 3 aliphatic rings. The van der Waals surface area contributed by atoms with Crippen LogP contribution in [0.4, 0.5) is 0 Å². The number of allylic oxidation sites excluding steroid dienone is 1. The number of aromatic amines is 3. The number of rotatable bonds is 7. The van der Waals surface area contributed by atoms with Crippen LogP contribution in [0.5, 0.6) is 0 Å². The Morgan fingerprint density at radius 3 is 2.05 bits per heavy atom. The molecule has 1 spiro atoms. The topological polar surface area (TPSA) is 134 Å². The molecule has 4 atom stereocenters. The maximum Gasteiger partial charge on any atom is 0.303 e. The van der Waals surface area contributed by atoms with Crippen LogP contribution in [0.1, 0.15) is 95.0 Å². The number of hydrogen-bond acceptors (Lipinski definition) is 5. The second-order valence-corrected chi connectivity index (χ2v) is 14.8. The molecule has 6 heterocycles. The molecular formula is C34H40N4O4S2. The van der Waals surface area contributed by atoms with Gasteiger partial charge in [-0.15, -0.1) is 11.8 Å². The van der Waals surface area contributed by atoms with Crippen molar-refractivity contribution >= 4 is 60.6 Å². The highest BCUT2D eigenvalue weighted by atomic mass is 32.2. The summed E-state index contributed by atoms with van der Waals surface area (Å²) in [5, 5.41) is 25.0. The minimum atomic E-state index is -0.853. The number of carbonyl (C=O) groups is 2. The summed E-state index contributed by atoms with van der Waals surface area (Å²) in [7, 11) is 0. The number of carboxylic acid groups (broad SMARTS) is 2. The molecule has 44 heavy (non-hydrogen) atoms. The number of aromatic nitrogens is 3. The summed E-state index contributed by atoms with van der Waals surface area (Å²) in [4.78, 5) is 34.1. The van der Waals surface area contributed by atoms with Crippen molar-refractivity contribution in [3.8, 4) is 0 Å². The summed E-state index contributed by atoms with van der Waals surface area (Å²) in [5.74, 6) is -1.45. The van der Waals surface area contributed by atoms with Crippen LogP contribution in [0.3, 0.4) is 0 Å². The molecule has 3 aromatic rings. The van der Waals surface area contributed by atoms with Crippen molar-refractivity contribution in [3.05, 3.63) is 78.2 Å². The molecule has 8 nitrogen and oxygen atoms in total. The summed E-state index contributed by atoms with van der Waals surface area (Å²) in [5.41, 5.74) is 12.3. The lowest BCUT2D eigenvalue weighted by molar-refractivity contribution is -0.138. The van der Waals surface area contributed by atoms with E-state index in [4.69, 9.17) is 12.6 Å². The van der Waals surface area contributed by atoms with Gasteiger partial charge in [0.05, 0.1) is 4.75 Å². The van der Waals surface area contributed by atoms with E-state index in [0.29, 0.717) is 18.1 Å². The van der Waals surface area contributed by atoms with Crippen LogP contribution in [0.15, 0.2) is 11.4 Å². The highest BCUT2D eigenvalue weighted by Crippen LogP contribution is 2.66. The molecule has 10 heteroatoms. The Morgan fingerprint density at radius 2 is 1.43 bits per heavy atom. The lowest BCUT2D eigenvalue weighted by Gasteiger charge is -2.13. The van der Waals surface area contributed by atoms with Crippen molar-refractivity contribution in [3.63, 3.8) is 0 Å². The Balaban J connectivity index is 1.67. The molecule has 3 aliphatic heterocycles. The first-order valence-electron chi connectivity index (χ1n) is 15.2. The highest BCUT2D eigenvalue weighted by Gasteiger charge is 2.63. The summed E-state index contributed by atoms with van der Waals surface area (Å²) in [6.45, 7) is 12.8. The van der Waals surface area contributed by atoms with E-state index in [1.807, 2.05) is 31.7 Å². The number of carboxylic acids is 2. The molecular weight excluding hydrogens is 593 g/mol. The van der Waals surface area contributed by atoms with E-state index in [2.05, 4.69) is 66.2 Å². The molecule has 2 fully saturated rings. The van der Waals surface area contributed by atoms with Gasteiger partial charge in [-0.05, 0) is 98.2 Å². The molecule has 0 aromatic carbocycles. The smallest absolute Gasteiger partial charge is 0.303 e. The first kappa shape index (κ1) is 30.5. The Kier molecular flexibility index (Phi) is 7.73. The van der Waals surface area contributed by atoms with Gasteiger partial charge in [0.1, 0.15) is 0 Å². The maximum absolute atomic E-state index is 11.6. The van der Waals surface area contributed by atoms with Crippen LogP contribution < -0.4 is 16.0 Å². The predicted octanol–water partition coefficient (Wildman–Crippen LogP) is 5.09. The third kappa shape index (κ3) is 5.05. The van der Waals surface area contributed by atoms with E-state index >= 15 is 0 Å². The monoisotopic (exact) mass is 632 g/mol. The van der Waals surface area contributed by atoms with Gasteiger partial charge in [-0.25, -0.2) is 0 Å². The van der Waals surface area contributed by atoms with Gasteiger partial charge >= 0.3 is 11.9 Å². The van der Waals surface area contributed by atoms with Gasteiger partial charge in [0, 0.05) is 74.1 Å². The van der Waals surface area contributed by atoms with Crippen molar-refractivity contribution in [2.24, 2.45) is 5.92 Å². The average molecular weight is 633 g/mol. The number of H-pyrrole nitrogens is 3. The normalized spacial score (nSPS) is 26.4. The van der Waals surface area contributed by atoms with Gasteiger partial charge in [0.2, 0.25) is 0 Å². The van der Waals surface area contributed by atoms with Crippen molar-refractivity contribution in [2.45, 2.75) is 82.5 Å². The van der Waals surface area contributed by atoms with Gasteiger partial charge in [0.15, 0.2) is 0 Å². The van der Waals surface area contributed by atoms with Crippen LogP contribution in [0.2, 0.25) is 0 Å². The second-order valence-electron chi connectivity index (χ2n) is 12.4. The first-order chi connectivity index (χ1) is 20.8. The standard InChI is InChI=1S/C34H40N4O4S2/c1-15-21(7-9-31(39)40)27-13-28-22(8-10-32(41)42)16(2)24(36-28)12-29-33(19(5)43)17(3)25(37-29)14-30-34(20(6)44-34)18(4)26(38-30)11-23(15)35-27/h11-14,18-20,35-38,43H,7-10H2,1-6H3,(H,39,40)(H,41,42)/b24-12-,26-11-,28-13-,30-14-/t18?,19-,20-,34-/m1/s1. The van der Waals surface area contributed by atoms with Gasteiger partial charge in [-0.3, -0.25) is 9.59 Å². The molecule has 6 N–H and O–H groups in total. The minimum Gasteiger partial charge on any atom is -0.481 e. The molecule has 0 radical (unpaired) electrons. The quantitative estimate of drug-likeness (QED) is 0.143. The van der Waals surface area contributed by atoms with Crippen LogP contribution in [0, 0.1) is 26.7 Å². The van der Waals surface area contributed by atoms with E-state index in [0.717, 1.165) is 72.6 Å². The average Bonchev–Trinajstić information content (AvgIpc) is 3.08. The molecule has 232 valence electrons. The number of aliphatic carboxylic acids is 2. The van der Waals surface area contributed by atoms with Gasteiger partial charge in [0.25, 0.3) is 0 Å². The Bertz CT molecular complexity index is 1890. The van der Waals surface area contributed by atoms with E-state index in [1.165, 1.54) is 5.70 Å². The molecule has 3 aromatic heterocycles. The largest absolute Gasteiger partial charge is 0.481 e. The van der Waals surface area contributed by atoms with Crippen molar-refractivity contribution in [2.75, 3.05) is 0 Å². The van der Waals surface area contributed by atoms with Crippen LogP contribution in [-0.4, -0.2) is 47.1 Å². The predicted molar refractivity (Wildman–Crippen MR) is 180 cm³/mol. The van der Waals surface area contributed by atoms with E-state index in [-0.39, 0.29) is 28.8 Å². The fourth-order valence-electron chi connectivity index (χ4n) is 7.17. The lowest BCUT2D eigenvalue weighted by atomic mass is 9.90. The molecule has 0 saturated carbocycles. The summed E-state index contributed by atoms with van der Waals surface area (Å²) in [6, 6.07) is 0. The number of fused-ring (bicyclic) bond motifs is 9. The van der Waals surface area contributed by atoms with Crippen LogP contribution in [-0.2, 0) is 22.4 Å². The Hall–Kier alpha value is -3.50. The van der Waals surface area contributed by atoms with Gasteiger partial charge in [-0.2, -0.15) is 12.6 Å². The highest BCUT2D eigenvalue weighted by molar-refractivity contribution is 8.09. The zero-order valence-corrected chi connectivity index (χ0v) is 27.6. The third-order valence-corrected chi connectivity index (χ3v) is 11.8. The fourth-order valence-corrected chi connectivity index (χ4v) is 8.92. The van der Waals surface area contributed by atoms with Crippen molar-refractivity contribution in [1.82, 2.24) is 20.3 Å². The maximum atomic E-state index is 11.6.